The second kappa shape index (κ2) is 7.13. The van der Waals surface area contributed by atoms with Gasteiger partial charge < -0.3 is 5.73 Å². The van der Waals surface area contributed by atoms with E-state index in [-0.39, 0.29) is 11.3 Å². The maximum absolute atomic E-state index is 12.0. The summed E-state index contributed by atoms with van der Waals surface area (Å²) in [7, 11) is 0. The van der Waals surface area contributed by atoms with Crippen molar-refractivity contribution in [3.8, 4) is 5.75 Å². The maximum Gasteiger partial charge on any atom is 0.317 e. The van der Waals surface area contributed by atoms with Crippen molar-refractivity contribution >= 4 is 22.7 Å². The fourth-order valence-corrected chi connectivity index (χ4v) is 2.02. The molecule has 0 heterocycles. The van der Waals surface area contributed by atoms with Gasteiger partial charge in [-0.3, -0.25) is 9.74 Å². The summed E-state index contributed by atoms with van der Waals surface area (Å²) in [6.45, 7) is 3.84. The fraction of sp³-hybridized carbons (Fsp3) is 0. The molecule has 0 radical (unpaired) electrons. The summed E-state index contributed by atoms with van der Waals surface area (Å²) in [6.07, 6.45) is 1.42. The van der Waals surface area contributed by atoms with Crippen molar-refractivity contribution in [1.82, 2.24) is 0 Å². The second-order valence-electron chi connectivity index (χ2n) is 4.67. The first-order chi connectivity index (χ1) is 11.1. The average Bonchev–Trinajstić information content (AvgIpc) is 2.59. The largest absolute Gasteiger partial charge is 0.398 e. The van der Waals surface area contributed by atoms with E-state index >= 15 is 0 Å². The number of nitrogens with two attached hydrogens (primary N) is 1. The van der Waals surface area contributed by atoms with Gasteiger partial charge in [0, 0.05) is 21.0 Å². The molecule has 0 aliphatic rings. The van der Waals surface area contributed by atoms with E-state index in [9.17, 15) is 14.2 Å². The summed E-state index contributed by atoms with van der Waals surface area (Å²) in [5.74, 6) is -0.906. The highest BCUT2D eigenvalue weighted by molar-refractivity contribution is 6.23. The Morgan fingerprint density at radius 2 is 1.83 bits per heavy atom. The van der Waals surface area contributed by atoms with Crippen molar-refractivity contribution in [2.75, 3.05) is 5.73 Å². The van der Waals surface area contributed by atoms with Crippen LogP contribution in [0.2, 0.25) is 0 Å². The van der Waals surface area contributed by atoms with Gasteiger partial charge in [-0.25, -0.2) is 0 Å². The smallest absolute Gasteiger partial charge is 0.317 e. The zero-order valence-electron chi connectivity index (χ0n) is 12.0. The van der Waals surface area contributed by atoms with Crippen molar-refractivity contribution in [3.63, 3.8) is 0 Å². The molecule has 6 heteroatoms. The van der Waals surface area contributed by atoms with Gasteiger partial charge in [0.1, 0.15) is 0 Å². The highest BCUT2D eigenvalue weighted by Crippen LogP contribution is 2.27. The van der Waals surface area contributed by atoms with Gasteiger partial charge in [-0.05, 0) is 35.4 Å². The number of hydrogen-bond donors (Lipinski definition) is 1. The Hall–Kier alpha value is -3.28. The van der Waals surface area contributed by atoms with E-state index in [0.29, 0.717) is 22.4 Å². The average molecular weight is 312 g/mol. The van der Waals surface area contributed by atoms with Crippen LogP contribution in [0.4, 0.5) is 10.2 Å². The molecule has 1 amide bonds. The SMILES string of the molecule is C=C(/C=C(/C(=O)N=O)c1ccccc1N)c1ccc(OF)cc1. The normalized spacial score (nSPS) is 10.9. The number of anilines is 1. The van der Waals surface area contributed by atoms with Crippen LogP contribution in [0, 0.1) is 4.91 Å². The Kier molecular flexibility index (Phi) is 4.99. The van der Waals surface area contributed by atoms with E-state index in [2.05, 4.69) is 16.7 Å². The molecular formula is C17H13FN2O3. The lowest BCUT2D eigenvalue weighted by atomic mass is 9.98. The molecule has 0 aliphatic carbocycles. The Morgan fingerprint density at radius 3 is 2.39 bits per heavy atom. The van der Waals surface area contributed by atoms with Gasteiger partial charge in [-0.2, -0.15) is 0 Å². The van der Waals surface area contributed by atoms with Crippen molar-refractivity contribution < 1.29 is 14.3 Å². The Labute approximate surface area is 131 Å². The molecule has 0 saturated heterocycles. The molecule has 2 rings (SSSR count). The fourth-order valence-electron chi connectivity index (χ4n) is 2.02. The number of carbonyl (C=O) groups is 1. The maximum atomic E-state index is 12.0. The third-order valence-corrected chi connectivity index (χ3v) is 3.20. The quantitative estimate of drug-likeness (QED) is 0.392. The Bertz CT molecular complexity index is 783. The predicted molar refractivity (Wildman–Crippen MR) is 86.8 cm³/mol. The molecule has 116 valence electrons. The highest BCUT2D eigenvalue weighted by Gasteiger charge is 2.15. The lowest BCUT2D eigenvalue weighted by Gasteiger charge is -2.08. The van der Waals surface area contributed by atoms with E-state index in [1.807, 2.05) is 0 Å². The zero-order valence-corrected chi connectivity index (χ0v) is 12.0. The molecule has 0 bridgehead atoms. The van der Waals surface area contributed by atoms with Gasteiger partial charge >= 0.3 is 5.91 Å². The lowest BCUT2D eigenvalue weighted by molar-refractivity contribution is -0.112. The number of allylic oxidation sites excluding steroid dienone is 2. The molecule has 0 saturated carbocycles. The van der Waals surface area contributed by atoms with Crippen LogP contribution >= 0.6 is 0 Å². The molecule has 0 aliphatic heterocycles. The highest BCUT2D eigenvalue weighted by atomic mass is 19.3. The number of nitroso groups, excluding NO2 is 1. The van der Waals surface area contributed by atoms with Gasteiger partial charge in [0.05, 0.1) is 5.57 Å². The van der Waals surface area contributed by atoms with E-state index in [1.54, 1.807) is 36.4 Å². The third-order valence-electron chi connectivity index (χ3n) is 3.20. The first-order valence-corrected chi connectivity index (χ1v) is 6.59. The van der Waals surface area contributed by atoms with Crippen molar-refractivity contribution in [1.29, 1.82) is 0 Å². The summed E-state index contributed by atoms with van der Waals surface area (Å²) < 4.78 is 12.0. The summed E-state index contributed by atoms with van der Waals surface area (Å²) >= 11 is 0. The van der Waals surface area contributed by atoms with Gasteiger partial charge in [-0.1, -0.05) is 36.9 Å². The molecule has 0 atom stereocenters. The minimum Gasteiger partial charge on any atom is -0.398 e. The molecule has 0 fully saturated rings. The number of para-hydroxylation sites is 1. The lowest BCUT2D eigenvalue weighted by Crippen LogP contribution is -2.01. The van der Waals surface area contributed by atoms with Gasteiger partial charge in [0.15, 0.2) is 5.75 Å². The van der Waals surface area contributed by atoms with Crippen LogP contribution in [0.15, 0.2) is 66.4 Å². The number of halogens is 1. The van der Waals surface area contributed by atoms with Crippen LogP contribution in [0.3, 0.4) is 0 Å². The van der Waals surface area contributed by atoms with Crippen LogP contribution in [-0.2, 0) is 4.79 Å². The number of hydrogen-bond acceptors (Lipinski definition) is 4. The molecule has 2 aromatic rings. The molecule has 2 aromatic carbocycles. The molecule has 2 N–H and O–H groups in total. The van der Waals surface area contributed by atoms with Crippen molar-refractivity contribution in [2.45, 2.75) is 0 Å². The first kappa shape index (κ1) is 16.1. The predicted octanol–water partition coefficient (Wildman–Crippen LogP) is 3.92. The summed E-state index contributed by atoms with van der Waals surface area (Å²) in [6, 6.07) is 12.6. The van der Waals surface area contributed by atoms with E-state index in [4.69, 9.17) is 5.73 Å². The molecular weight excluding hydrogens is 299 g/mol. The summed E-state index contributed by atoms with van der Waals surface area (Å²) in [4.78, 5) is 26.1. The van der Waals surface area contributed by atoms with E-state index in [1.165, 1.54) is 18.2 Å². The number of rotatable bonds is 5. The van der Waals surface area contributed by atoms with Crippen LogP contribution in [0.5, 0.6) is 5.75 Å². The van der Waals surface area contributed by atoms with Gasteiger partial charge in [-0.15, -0.1) is 4.91 Å². The van der Waals surface area contributed by atoms with Gasteiger partial charge in [0.2, 0.25) is 0 Å². The number of nitrogen functional groups attached to an aromatic ring is 1. The molecule has 0 aromatic heterocycles. The minimum atomic E-state index is -0.951. The molecule has 5 nitrogen and oxygen atoms in total. The third kappa shape index (κ3) is 3.68. The van der Waals surface area contributed by atoms with Crippen molar-refractivity contribution in [3.05, 3.63) is 77.2 Å². The number of carbonyl (C=O) groups excluding carboxylic acids is 1. The second-order valence-corrected chi connectivity index (χ2v) is 4.67. The number of benzene rings is 2. The van der Waals surface area contributed by atoms with Crippen LogP contribution in [0.1, 0.15) is 11.1 Å². The van der Waals surface area contributed by atoms with E-state index in [0.717, 1.165) is 0 Å². The topological polar surface area (TPSA) is 81.8 Å². The monoisotopic (exact) mass is 312 g/mol. The first-order valence-electron chi connectivity index (χ1n) is 6.59. The summed E-state index contributed by atoms with van der Waals surface area (Å²) in [5, 5.41) is 2.46. The molecule has 23 heavy (non-hydrogen) atoms. The molecule has 0 spiro atoms. The van der Waals surface area contributed by atoms with Crippen LogP contribution in [0.25, 0.3) is 11.1 Å². The van der Waals surface area contributed by atoms with Crippen LogP contribution in [-0.4, -0.2) is 5.91 Å². The Morgan fingerprint density at radius 1 is 1.17 bits per heavy atom. The summed E-state index contributed by atoms with van der Waals surface area (Å²) in [5.41, 5.74) is 7.66. The van der Waals surface area contributed by atoms with E-state index < -0.39 is 5.91 Å². The standard InChI is InChI=1S/C17H13FN2O3/c1-11(12-6-8-13(23-18)9-7-12)10-15(17(21)20-22)14-4-2-3-5-16(14)19/h2-10H,1,19H2/b15-10+. The van der Waals surface area contributed by atoms with Gasteiger partial charge in [0.25, 0.3) is 0 Å². The number of nitrogens with zero attached hydrogens (tertiary/aromatic N) is 1. The number of amides is 1. The van der Waals surface area contributed by atoms with Crippen molar-refractivity contribution in [2.24, 2.45) is 5.18 Å². The van der Waals surface area contributed by atoms with Crippen LogP contribution < -0.4 is 10.7 Å². The molecule has 0 unspecified atom stereocenters. The Balaban J connectivity index is 2.44. The zero-order chi connectivity index (χ0) is 16.8. The minimum absolute atomic E-state index is 0.0360.